The molecule has 134 valence electrons. The zero-order valence-electron chi connectivity index (χ0n) is 13.8. The topological polar surface area (TPSA) is 102 Å². The molecule has 0 saturated carbocycles. The molecule has 25 heavy (non-hydrogen) atoms. The van der Waals surface area contributed by atoms with E-state index in [0.717, 1.165) is 16.5 Å². The number of hydrogen-bond acceptors (Lipinski definition) is 5. The van der Waals surface area contributed by atoms with Crippen LogP contribution in [0.5, 0.6) is 0 Å². The number of nitriles is 1. The summed E-state index contributed by atoms with van der Waals surface area (Å²) in [5.41, 5.74) is 0.973. The second kappa shape index (κ2) is 11.6. The predicted octanol–water partition coefficient (Wildman–Crippen LogP) is 2.31. The fourth-order valence-electron chi connectivity index (χ4n) is 1.92. The highest BCUT2D eigenvalue weighted by molar-refractivity contribution is 9.10. The van der Waals surface area contributed by atoms with E-state index < -0.39 is 17.9 Å². The van der Waals surface area contributed by atoms with Crippen molar-refractivity contribution in [2.24, 2.45) is 0 Å². The average Bonchev–Trinajstić information content (AvgIpc) is 2.59. The molecule has 3 N–H and O–H groups in total. The first-order valence-electron chi connectivity index (χ1n) is 7.58. The van der Waals surface area contributed by atoms with Crippen LogP contribution in [0.25, 0.3) is 0 Å². The number of halogens is 1. The van der Waals surface area contributed by atoms with E-state index in [-0.39, 0.29) is 5.57 Å². The Hall–Kier alpha value is -1.98. The van der Waals surface area contributed by atoms with Crippen LogP contribution in [0.4, 0.5) is 0 Å². The lowest BCUT2D eigenvalue weighted by molar-refractivity contribution is -0.141. The average molecular weight is 426 g/mol. The van der Waals surface area contributed by atoms with Crippen molar-refractivity contribution in [3.05, 3.63) is 46.1 Å². The number of thioether (sulfide) groups is 1. The summed E-state index contributed by atoms with van der Waals surface area (Å²) >= 11 is 4.86. The number of carboxylic acids is 1. The molecule has 0 saturated heterocycles. The van der Waals surface area contributed by atoms with E-state index in [4.69, 9.17) is 10.4 Å². The Bertz CT molecular complexity index is 656. The molecule has 1 rings (SSSR count). The highest BCUT2D eigenvalue weighted by Crippen LogP contribution is 2.10. The lowest BCUT2D eigenvalue weighted by Crippen LogP contribution is -2.41. The summed E-state index contributed by atoms with van der Waals surface area (Å²) in [4.78, 5) is 23.2. The van der Waals surface area contributed by atoms with Crippen LogP contribution in [0.3, 0.4) is 0 Å². The van der Waals surface area contributed by atoms with Crippen LogP contribution in [-0.2, 0) is 16.0 Å². The third-order valence-electron chi connectivity index (χ3n) is 3.30. The Morgan fingerprint density at radius 2 is 2.08 bits per heavy atom. The van der Waals surface area contributed by atoms with Gasteiger partial charge in [0.2, 0.25) is 0 Å². The maximum absolute atomic E-state index is 12.0. The highest BCUT2D eigenvalue weighted by atomic mass is 79.9. The largest absolute Gasteiger partial charge is 0.480 e. The lowest BCUT2D eigenvalue weighted by Gasteiger charge is -2.13. The molecule has 8 heteroatoms. The second-order valence-corrected chi connectivity index (χ2v) is 7.05. The molecule has 0 bridgehead atoms. The van der Waals surface area contributed by atoms with E-state index in [1.807, 2.05) is 30.5 Å². The lowest BCUT2D eigenvalue weighted by atomic mass is 10.1. The van der Waals surface area contributed by atoms with Gasteiger partial charge in [0.15, 0.2) is 0 Å². The second-order valence-electron chi connectivity index (χ2n) is 5.15. The van der Waals surface area contributed by atoms with Crippen LogP contribution >= 0.6 is 27.7 Å². The Kier molecular flexibility index (Phi) is 9.73. The number of hydrogen-bond donors (Lipinski definition) is 3. The van der Waals surface area contributed by atoms with Gasteiger partial charge in [0, 0.05) is 17.2 Å². The number of rotatable bonds is 10. The van der Waals surface area contributed by atoms with E-state index in [0.29, 0.717) is 18.7 Å². The van der Waals surface area contributed by atoms with Gasteiger partial charge < -0.3 is 15.7 Å². The first-order chi connectivity index (χ1) is 12.0. The summed E-state index contributed by atoms with van der Waals surface area (Å²) in [6.45, 7) is 0.551. The van der Waals surface area contributed by atoms with Crippen LogP contribution < -0.4 is 10.6 Å². The Balaban J connectivity index is 2.53. The minimum Gasteiger partial charge on any atom is -0.480 e. The van der Waals surface area contributed by atoms with Crippen LogP contribution in [0.1, 0.15) is 12.0 Å². The molecular formula is C17H20BrN3O3S. The maximum atomic E-state index is 12.0. The molecule has 0 radical (unpaired) electrons. The van der Waals surface area contributed by atoms with Crippen molar-refractivity contribution in [3.63, 3.8) is 0 Å². The van der Waals surface area contributed by atoms with Crippen molar-refractivity contribution in [2.75, 3.05) is 18.6 Å². The fourth-order valence-corrected chi connectivity index (χ4v) is 2.66. The van der Waals surface area contributed by atoms with Crippen molar-refractivity contribution in [1.29, 1.82) is 5.26 Å². The van der Waals surface area contributed by atoms with Gasteiger partial charge in [0.25, 0.3) is 5.91 Å². The van der Waals surface area contributed by atoms with Gasteiger partial charge in [-0.15, -0.1) is 0 Å². The molecule has 0 heterocycles. The van der Waals surface area contributed by atoms with Gasteiger partial charge in [-0.05, 0) is 42.5 Å². The molecule has 1 atom stereocenters. The molecule has 1 aromatic rings. The third kappa shape index (κ3) is 8.09. The number of carbonyl (C=O) groups is 2. The number of benzene rings is 1. The minimum atomic E-state index is -1.11. The van der Waals surface area contributed by atoms with E-state index >= 15 is 0 Å². The summed E-state index contributed by atoms with van der Waals surface area (Å²) in [5.74, 6) is -1.19. The number of nitrogens with one attached hydrogen (secondary N) is 2. The molecule has 0 aliphatic rings. The fraction of sp³-hybridized carbons (Fsp3) is 0.353. The summed E-state index contributed by atoms with van der Waals surface area (Å²) in [5, 5.41) is 23.5. The van der Waals surface area contributed by atoms with Crippen LogP contribution in [0, 0.1) is 11.3 Å². The minimum absolute atomic E-state index is 0.147. The zero-order chi connectivity index (χ0) is 18.7. The number of aliphatic carboxylic acids is 1. The Labute approximate surface area is 159 Å². The predicted molar refractivity (Wildman–Crippen MR) is 102 cm³/mol. The van der Waals surface area contributed by atoms with E-state index in [9.17, 15) is 9.59 Å². The maximum Gasteiger partial charge on any atom is 0.326 e. The van der Waals surface area contributed by atoms with Crippen molar-refractivity contribution in [1.82, 2.24) is 10.6 Å². The molecule has 0 aromatic heterocycles. The number of amides is 1. The highest BCUT2D eigenvalue weighted by Gasteiger charge is 2.21. The van der Waals surface area contributed by atoms with Crippen molar-refractivity contribution in [3.8, 4) is 6.07 Å². The number of carbonyl (C=O) groups excluding carboxylic acids is 1. The molecule has 0 aliphatic carbocycles. The molecule has 6 nitrogen and oxygen atoms in total. The Morgan fingerprint density at radius 1 is 1.40 bits per heavy atom. The first-order valence-corrected chi connectivity index (χ1v) is 9.77. The van der Waals surface area contributed by atoms with Gasteiger partial charge in [0.05, 0.1) is 0 Å². The summed E-state index contributed by atoms with van der Waals surface area (Å²) < 4.78 is 1.00. The molecule has 0 aliphatic heterocycles. The summed E-state index contributed by atoms with van der Waals surface area (Å²) in [6.07, 6.45) is 4.21. The van der Waals surface area contributed by atoms with Gasteiger partial charge in [0.1, 0.15) is 17.7 Å². The normalized spacial score (nSPS) is 12.1. The van der Waals surface area contributed by atoms with Crippen LogP contribution in [0.15, 0.2) is 40.5 Å². The van der Waals surface area contributed by atoms with Gasteiger partial charge in [-0.25, -0.2) is 4.79 Å². The number of carboxylic acid groups (broad SMARTS) is 1. The van der Waals surface area contributed by atoms with Crippen molar-refractivity contribution in [2.45, 2.75) is 18.9 Å². The molecule has 1 unspecified atom stereocenters. The molecule has 1 amide bonds. The van der Waals surface area contributed by atoms with Crippen LogP contribution in [0.2, 0.25) is 0 Å². The van der Waals surface area contributed by atoms with Gasteiger partial charge in [-0.2, -0.15) is 17.0 Å². The molecular weight excluding hydrogens is 406 g/mol. The smallest absolute Gasteiger partial charge is 0.326 e. The molecule has 0 fully saturated rings. The van der Waals surface area contributed by atoms with E-state index in [2.05, 4.69) is 26.6 Å². The SMILES string of the molecule is CSCCC(NC(=O)/C(C#N)=C\NCCc1ccc(Br)cc1)C(=O)O. The molecule has 1 aromatic carbocycles. The summed E-state index contributed by atoms with van der Waals surface area (Å²) in [6, 6.07) is 8.64. The standard InChI is InChI=1S/C17H20BrN3O3S/c1-25-9-7-15(17(23)24)21-16(22)13(10-19)11-20-8-6-12-2-4-14(18)5-3-12/h2-5,11,15,20H,6-9H2,1H3,(H,21,22)(H,23,24)/b13-11-. The van der Waals surface area contributed by atoms with Gasteiger partial charge >= 0.3 is 5.97 Å². The van der Waals surface area contributed by atoms with Gasteiger partial charge in [-0.3, -0.25) is 4.79 Å². The Morgan fingerprint density at radius 3 is 2.64 bits per heavy atom. The first kappa shape index (κ1) is 21.1. The zero-order valence-corrected chi connectivity index (χ0v) is 16.2. The number of nitrogens with zero attached hydrogens (tertiary/aromatic N) is 1. The molecule has 0 spiro atoms. The van der Waals surface area contributed by atoms with Gasteiger partial charge in [-0.1, -0.05) is 28.1 Å². The van der Waals surface area contributed by atoms with E-state index in [1.54, 1.807) is 6.07 Å². The van der Waals surface area contributed by atoms with Crippen molar-refractivity contribution < 1.29 is 14.7 Å². The third-order valence-corrected chi connectivity index (χ3v) is 4.47. The van der Waals surface area contributed by atoms with Crippen LogP contribution in [-0.4, -0.2) is 41.6 Å². The quantitative estimate of drug-likeness (QED) is 0.302. The van der Waals surface area contributed by atoms with E-state index in [1.165, 1.54) is 18.0 Å². The summed E-state index contributed by atoms with van der Waals surface area (Å²) in [7, 11) is 0. The monoisotopic (exact) mass is 425 g/mol. The van der Waals surface area contributed by atoms with Crippen molar-refractivity contribution >= 4 is 39.6 Å².